The van der Waals surface area contributed by atoms with E-state index in [1.165, 1.54) is 0 Å². The third kappa shape index (κ3) is 3.70. The lowest BCUT2D eigenvalue weighted by Gasteiger charge is -2.22. The molecule has 0 aromatic rings. The van der Waals surface area contributed by atoms with Crippen LogP contribution in [0.25, 0.3) is 0 Å². The van der Waals surface area contributed by atoms with Crippen molar-refractivity contribution < 1.29 is 14.2 Å². The van der Waals surface area contributed by atoms with Crippen molar-refractivity contribution in [3.63, 3.8) is 0 Å². The Morgan fingerprint density at radius 1 is 1.36 bits per heavy atom. The molecule has 1 saturated heterocycles. The number of ether oxygens (including phenoxy) is 3. The van der Waals surface area contributed by atoms with Crippen LogP contribution < -0.4 is 0 Å². The van der Waals surface area contributed by atoms with Crippen LogP contribution >= 0.6 is 0 Å². The Hall–Kier alpha value is -0.120. The summed E-state index contributed by atoms with van der Waals surface area (Å²) in [6, 6.07) is 0. The second-order valence-corrected chi connectivity index (χ2v) is 2.51. The molecule has 1 fully saturated rings. The van der Waals surface area contributed by atoms with Crippen LogP contribution in [-0.4, -0.2) is 32.7 Å². The van der Waals surface area contributed by atoms with E-state index >= 15 is 0 Å². The smallest absolute Gasteiger partial charge is 0.159 e. The van der Waals surface area contributed by atoms with Crippen LogP contribution in [0.15, 0.2) is 0 Å². The SMILES string of the molecule is CCOCCC1OCCCO1. The van der Waals surface area contributed by atoms with Crippen molar-refractivity contribution in [1.82, 2.24) is 0 Å². The first-order valence-electron chi connectivity index (χ1n) is 4.24. The highest BCUT2D eigenvalue weighted by Crippen LogP contribution is 2.07. The number of rotatable bonds is 4. The van der Waals surface area contributed by atoms with Crippen LogP contribution in [-0.2, 0) is 14.2 Å². The second-order valence-electron chi connectivity index (χ2n) is 2.51. The Kier molecular flexibility index (Phi) is 4.50. The van der Waals surface area contributed by atoms with Crippen molar-refractivity contribution in [1.29, 1.82) is 0 Å². The molecule has 0 amide bonds. The fourth-order valence-corrected chi connectivity index (χ4v) is 1.03. The van der Waals surface area contributed by atoms with Crippen LogP contribution in [0.1, 0.15) is 19.8 Å². The van der Waals surface area contributed by atoms with Gasteiger partial charge in [-0.3, -0.25) is 0 Å². The van der Waals surface area contributed by atoms with E-state index in [9.17, 15) is 0 Å². The standard InChI is InChI=1S/C8H16O3/c1-2-9-7-4-8-10-5-3-6-11-8/h8H,2-7H2,1H3. The summed E-state index contributed by atoms with van der Waals surface area (Å²) >= 11 is 0. The first kappa shape index (κ1) is 8.97. The normalized spacial score (nSPS) is 20.5. The molecule has 1 heterocycles. The van der Waals surface area contributed by atoms with Gasteiger partial charge in [-0.05, 0) is 13.3 Å². The van der Waals surface area contributed by atoms with Gasteiger partial charge in [0.05, 0.1) is 19.8 Å². The van der Waals surface area contributed by atoms with E-state index < -0.39 is 0 Å². The molecule has 0 unspecified atom stereocenters. The van der Waals surface area contributed by atoms with Crippen LogP contribution in [0.4, 0.5) is 0 Å². The maximum Gasteiger partial charge on any atom is 0.159 e. The fourth-order valence-electron chi connectivity index (χ4n) is 1.03. The molecule has 0 spiro atoms. The van der Waals surface area contributed by atoms with E-state index in [0.717, 1.165) is 39.3 Å². The summed E-state index contributed by atoms with van der Waals surface area (Å²) < 4.78 is 15.8. The van der Waals surface area contributed by atoms with Crippen LogP contribution in [0.2, 0.25) is 0 Å². The van der Waals surface area contributed by atoms with Crippen LogP contribution in [0.5, 0.6) is 0 Å². The largest absolute Gasteiger partial charge is 0.382 e. The third-order valence-corrected chi connectivity index (χ3v) is 1.60. The van der Waals surface area contributed by atoms with Crippen molar-refractivity contribution >= 4 is 0 Å². The highest BCUT2D eigenvalue weighted by atomic mass is 16.7. The summed E-state index contributed by atoms with van der Waals surface area (Å²) in [5, 5.41) is 0. The molecular weight excluding hydrogens is 144 g/mol. The molecule has 11 heavy (non-hydrogen) atoms. The highest BCUT2D eigenvalue weighted by Gasteiger charge is 2.12. The van der Waals surface area contributed by atoms with Crippen molar-refractivity contribution in [2.45, 2.75) is 26.1 Å². The van der Waals surface area contributed by atoms with Gasteiger partial charge in [0.25, 0.3) is 0 Å². The lowest BCUT2D eigenvalue weighted by molar-refractivity contribution is -0.186. The fraction of sp³-hybridized carbons (Fsp3) is 1.00. The minimum atomic E-state index is -0.0182. The summed E-state index contributed by atoms with van der Waals surface area (Å²) in [7, 11) is 0. The Morgan fingerprint density at radius 3 is 2.73 bits per heavy atom. The molecule has 66 valence electrons. The van der Waals surface area contributed by atoms with Crippen molar-refractivity contribution in [3.05, 3.63) is 0 Å². The Morgan fingerprint density at radius 2 is 2.09 bits per heavy atom. The summed E-state index contributed by atoms with van der Waals surface area (Å²) in [4.78, 5) is 0. The van der Waals surface area contributed by atoms with E-state index in [0.29, 0.717) is 0 Å². The zero-order valence-corrected chi connectivity index (χ0v) is 7.04. The molecule has 3 heteroatoms. The van der Waals surface area contributed by atoms with Crippen LogP contribution in [0, 0.1) is 0 Å². The zero-order chi connectivity index (χ0) is 7.94. The lowest BCUT2D eigenvalue weighted by atomic mass is 10.4. The van der Waals surface area contributed by atoms with Gasteiger partial charge in [-0.1, -0.05) is 0 Å². The Bertz CT molecular complexity index is 89.3. The van der Waals surface area contributed by atoms with Gasteiger partial charge in [0.1, 0.15) is 0 Å². The minimum absolute atomic E-state index is 0.0182. The molecule has 1 aliphatic rings. The van der Waals surface area contributed by atoms with E-state index in [1.54, 1.807) is 0 Å². The van der Waals surface area contributed by atoms with Gasteiger partial charge >= 0.3 is 0 Å². The first-order chi connectivity index (χ1) is 5.43. The van der Waals surface area contributed by atoms with E-state index in [4.69, 9.17) is 14.2 Å². The molecule has 0 atom stereocenters. The first-order valence-corrected chi connectivity index (χ1v) is 4.24. The molecule has 3 nitrogen and oxygen atoms in total. The average Bonchev–Trinajstić information content (AvgIpc) is 2.07. The average molecular weight is 160 g/mol. The van der Waals surface area contributed by atoms with Crippen LogP contribution in [0.3, 0.4) is 0 Å². The van der Waals surface area contributed by atoms with Gasteiger partial charge in [0.15, 0.2) is 6.29 Å². The summed E-state index contributed by atoms with van der Waals surface area (Å²) in [5.74, 6) is 0. The van der Waals surface area contributed by atoms with Gasteiger partial charge in [-0.15, -0.1) is 0 Å². The maximum atomic E-state index is 5.32. The summed E-state index contributed by atoms with van der Waals surface area (Å²) in [6.07, 6.45) is 1.86. The Balaban J connectivity index is 1.96. The molecular formula is C8H16O3. The topological polar surface area (TPSA) is 27.7 Å². The van der Waals surface area contributed by atoms with Gasteiger partial charge in [0, 0.05) is 13.0 Å². The molecule has 0 aromatic carbocycles. The Labute approximate surface area is 67.6 Å². The molecule has 1 aliphatic heterocycles. The van der Waals surface area contributed by atoms with E-state index in [-0.39, 0.29) is 6.29 Å². The zero-order valence-electron chi connectivity index (χ0n) is 7.04. The summed E-state index contributed by atoms with van der Waals surface area (Å²) in [6.45, 7) is 5.16. The van der Waals surface area contributed by atoms with Gasteiger partial charge in [0.2, 0.25) is 0 Å². The predicted molar refractivity (Wildman–Crippen MR) is 41.4 cm³/mol. The number of hydrogen-bond acceptors (Lipinski definition) is 3. The second kappa shape index (κ2) is 5.52. The minimum Gasteiger partial charge on any atom is -0.382 e. The van der Waals surface area contributed by atoms with Gasteiger partial charge in [-0.2, -0.15) is 0 Å². The van der Waals surface area contributed by atoms with Crippen molar-refractivity contribution in [2.75, 3.05) is 26.4 Å². The highest BCUT2D eigenvalue weighted by molar-refractivity contribution is 4.50. The van der Waals surface area contributed by atoms with Crippen molar-refractivity contribution in [3.8, 4) is 0 Å². The number of hydrogen-bond donors (Lipinski definition) is 0. The van der Waals surface area contributed by atoms with Gasteiger partial charge in [-0.25, -0.2) is 0 Å². The molecule has 0 radical (unpaired) electrons. The monoisotopic (exact) mass is 160 g/mol. The molecule has 0 N–H and O–H groups in total. The molecule has 0 bridgehead atoms. The van der Waals surface area contributed by atoms with E-state index in [1.807, 2.05) is 6.92 Å². The van der Waals surface area contributed by atoms with E-state index in [2.05, 4.69) is 0 Å². The van der Waals surface area contributed by atoms with Crippen molar-refractivity contribution in [2.24, 2.45) is 0 Å². The predicted octanol–water partition coefficient (Wildman–Crippen LogP) is 1.18. The lowest BCUT2D eigenvalue weighted by Crippen LogP contribution is -2.26. The molecule has 0 saturated carbocycles. The summed E-state index contributed by atoms with van der Waals surface area (Å²) in [5.41, 5.74) is 0. The third-order valence-electron chi connectivity index (χ3n) is 1.60. The maximum absolute atomic E-state index is 5.32. The molecule has 0 aliphatic carbocycles. The molecule has 1 rings (SSSR count). The van der Waals surface area contributed by atoms with Gasteiger partial charge < -0.3 is 14.2 Å². The quantitative estimate of drug-likeness (QED) is 0.578. The molecule has 0 aromatic heterocycles.